The minimum Gasteiger partial charge on any atom is -0.481 e. The third-order valence-corrected chi connectivity index (χ3v) is 5.64. The molecule has 2 aliphatic rings. The van der Waals surface area contributed by atoms with Crippen LogP contribution in [-0.4, -0.2) is 48.8 Å². The first-order valence-corrected chi connectivity index (χ1v) is 8.82. The summed E-state index contributed by atoms with van der Waals surface area (Å²) >= 11 is 0. The fraction of sp³-hybridized carbons (Fsp3) is 0.632. The number of benzene rings is 1. The molecule has 3 rings (SSSR count). The molecule has 1 heterocycles. The molecule has 0 radical (unpaired) electrons. The van der Waals surface area contributed by atoms with Crippen LogP contribution in [0.5, 0.6) is 0 Å². The van der Waals surface area contributed by atoms with Crippen LogP contribution in [0.15, 0.2) is 30.3 Å². The summed E-state index contributed by atoms with van der Waals surface area (Å²) in [7, 11) is 0. The molecule has 1 aliphatic carbocycles. The van der Waals surface area contributed by atoms with Crippen molar-refractivity contribution in [1.82, 2.24) is 4.90 Å². The number of carbonyl (C=O) groups is 1. The monoisotopic (exact) mass is 353 g/mol. The summed E-state index contributed by atoms with van der Waals surface area (Å²) < 4.78 is 5.40. The van der Waals surface area contributed by atoms with Crippen molar-refractivity contribution in [2.45, 2.75) is 37.5 Å². The van der Waals surface area contributed by atoms with Crippen LogP contribution in [0.4, 0.5) is 0 Å². The van der Waals surface area contributed by atoms with Crippen LogP contribution >= 0.6 is 12.4 Å². The van der Waals surface area contributed by atoms with Gasteiger partial charge in [0.05, 0.1) is 18.6 Å². The Hall–Kier alpha value is -1.10. The SMILES string of the molecule is Cl.O=C(O)C1(c2ccccc2)CCCCC1CCN1CCOCC1. The maximum Gasteiger partial charge on any atom is 0.314 e. The van der Waals surface area contributed by atoms with Crippen LogP contribution in [0.2, 0.25) is 0 Å². The lowest BCUT2D eigenvalue weighted by atomic mass is 9.61. The van der Waals surface area contributed by atoms with Crippen LogP contribution < -0.4 is 0 Å². The normalized spacial score (nSPS) is 28.1. The summed E-state index contributed by atoms with van der Waals surface area (Å²) in [6.45, 7) is 4.52. The highest BCUT2D eigenvalue weighted by molar-refractivity contribution is 5.85. The average Bonchev–Trinajstić information content (AvgIpc) is 2.61. The number of hydrogen-bond donors (Lipinski definition) is 1. The van der Waals surface area contributed by atoms with Gasteiger partial charge in [-0.2, -0.15) is 0 Å². The van der Waals surface area contributed by atoms with Crippen molar-refractivity contribution in [3.8, 4) is 0 Å². The van der Waals surface area contributed by atoms with Gasteiger partial charge in [-0.15, -0.1) is 12.4 Å². The quantitative estimate of drug-likeness (QED) is 0.882. The number of aliphatic carboxylic acids is 1. The molecular formula is C19H28ClNO3. The van der Waals surface area contributed by atoms with Crippen LogP contribution in [0.1, 0.15) is 37.7 Å². The Morgan fingerprint density at radius 3 is 2.58 bits per heavy atom. The van der Waals surface area contributed by atoms with E-state index < -0.39 is 11.4 Å². The topological polar surface area (TPSA) is 49.8 Å². The zero-order chi connectivity index (χ0) is 16.1. The number of rotatable bonds is 5. The molecule has 24 heavy (non-hydrogen) atoms. The second-order valence-corrected chi connectivity index (χ2v) is 6.83. The lowest BCUT2D eigenvalue weighted by molar-refractivity contribution is -0.148. The Labute approximate surface area is 150 Å². The van der Waals surface area contributed by atoms with Gasteiger partial charge in [0, 0.05) is 13.1 Å². The van der Waals surface area contributed by atoms with Gasteiger partial charge >= 0.3 is 5.97 Å². The summed E-state index contributed by atoms with van der Waals surface area (Å²) in [5, 5.41) is 10.1. The number of hydrogen-bond acceptors (Lipinski definition) is 3. The molecular weight excluding hydrogens is 326 g/mol. The fourth-order valence-electron chi connectivity index (χ4n) is 4.32. The first-order chi connectivity index (χ1) is 11.2. The summed E-state index contributed by atoms with van der Waals surface area (Å²) in [6.07, 6.45) is 4.90. The van der Waals surface area contributed by atoms with E-state index in [2.05, 4.69) is 4.90 Å². The zero-order valence-electron chi connectivity index (χ0n) is 14.2. The molecule has 0 aromatic heterocycles. The molecule has 1 saturated heterocycles. The van der Waals surface area contributed by atoms with E-state index in [0.717, 1.165) is 70.5 Å². The van der Waals surface area contributed by atoms with Gasteiger partial charge in [0.2, 0.25) is 0 Å². The van der Waals surface area contributed by atoms with Crippen molar-refractivity contribution in [1.29, 1.82) is 0 Å². The van der Waals surface area contributed by atoms with Gasteiger partial charge in [-0.05, 0) is 37.3 Å². The first kappa shape index (κ1) is 19.2. The van der Waals surface area contributed by atoms with Gasteiger partial charge < -0.3 is 9.84 Å². The molecule has 134 valence electrons. The van der Waals surface area contributed by atoms with Gasteiger partial charge in [-0.25, -0.2) is 0 Å². The summed E-state index contributed by atoms with van der Waals surface area (Å²) in [4.78, 5) is 14.7. The van der Waals surface area contributed by atoms with Crippen molar-refractivity contribution in [3.63, 3.8) is 0 Å². The predicted octanol–water partition coefficient (Wildman–Crippen LogP) is 3.34. The average molecular weight is 354 g/mol. The Morgan fingerprint density at radius 1 is 1.21 bits per heavy atom. The maximum atomic E-state index is 12.3. The summed E-state index contributed by atoms with van der Waals surface area (Å²) in [5.74, 6) is -0.422. The van der Waals surface area contributed by atoms with E-state index in [0.29, 0.717) is 0 Å². The van der Waals surface area contributed by atoms with Crippen molar-refractivity contribution >= 4 is 18.4 Å². The molecule has 1 aromatic rings. The largest absolute Gasteiger partial charge is 0.481 e. The van der Waals surface area contributed by atoms with Crippen molar-refractivity contribution in [2.24, 2.45) is 5.92 Å². The van der Waals surface area contributed by atoms with Crippen molar-refractivity contribution < 1.29 is 14.6 Å². The Balaban J connectivity index is 0.00000208. The molecule has 4 nitrogen and oxygen atoms in total. The highest BCUT2D eigenvalue weighted by atomic mass is 35.5. The molecule has 5 heteroatoms. The van der Waals surface area contributed by atoms with Crippen molar-refractivity contribution in [2.75, 3.05) is 32.8 Å². The van der Waals surface area contributed by atoms with Crippen LogP contribution in [0.25, 0.3) is 0 Å². The molecule has 0 spiro atoms. The first-order valence-electron chi connectivity index (χ1n) is 8.82. The van der Waals surface area contributed by atoms with E-state index in [1.807, 2.05) is 30.3 Å². The number of halogens is 1. The minimum atomic E-state index is -0.703. The van der Waals surface area contributed by atoms with E-state index in [-0.39, 0.29) is 18.3 Å². The molecule has 1 aliphatic heterocycles. The van der Waals surface area contributed by atoms with Gasteiger partial charge in [0.15, 0.2) is 0 Å². The van der Waals surface area contributed by atoms with Gasteiger partial charge in [0.1, 0.15) is 0 Å². The zero-order valence-corrected chi connectivity index (χ0v) is 15.0. The summed E-state index contributed by atoms with van der Waals surface area (Å²) in [6, 6.07) is 9.90. The second-order valence-electron chi connectivity index (χ2n) is 6.83. The van der Waals surface area contributed by atoms with Gasteiger partial charge in [-0.3, -0.25) is 9.69 Å². The Bertz CT molecular complexity index is 519. The lowest BCUT2D eigenvalue weighted by Crippen LogP contribution is -2.47. The molecule has 0 bridgehead atoms. The van der Waals surface area contributed by atoms with E-state index >= 15 is 0 Å². The molecule has 2 unspecified atom stereocenters. The van der Waals surface area contributed by atoms with E-state index in [4.69, 9.17) is 4.74 Å². The number of morpholine rings is 1. The Morgan fingerprint density at radius 2 is 1.92 bits per heavy atom. The standard InChI is InChI=1S/C19H27NO3.ClH/c21-18(22)19(16-6-2-1-3-7-16)10-5-4-8-17(19)9-11-20-12-14-23-15-13-20;/h1-3,6-7,17H,4-5,8-15H2,(H,21,22);1H. The number of ether oxygens (including phenoxy) is 1. The smallest absolute Gasteiger partial charge is 0.314 e. The van der Waals surface area contributed by atoms with Gasteiger partial charge in [0.25, 0.3) is 0 Å². The molecule has 2 fully saturated rings. The molecule has 0 amide bonds. The number of carboxylic acid groups (broad SMARTS) is 1. The highest BCUT2D eigenvalue weighted by Gasteiger charge is 2.48. The van der Waals surface area contributed by atoms with E-state index in [9.17, 15) is 9.90 Å². The summed E-state index contributed by atoms with van der Waals surface area (Å²) in [5.41, 5.74) is 0.283. The van der Waals surface area contributed by atoms with Crippen LogP contribution in [0, 0.1) is 5.92 Å². The number of nitrogens with zero attached hydrogens (tertiary/aromatic N) is 1. The van der Waals surface area contributed by atoms with Crippen LogP contribution in [0.3, 0.4) is 0 Å². The van der Waals surface area contributed by atoms with E-state index in [1.54, 1.807) is 0 Å². The van der Waals surface area contributed by atoms with Crippen LogP contribution in [-0.2, 0) is 14.9 Å². The third-order valence-electron chi connectivity index (χ3n) is 5.64. The van der Waals surface area contributed by atoms with E-state index in [1.165, 1.54) is 0 Å². The lowest BCUT2D eigenvalue weighted by Gasteiger charge is -2.42. The molecule has 1 N–H and O–H groups in total. The third kappa shape index (κ3) is 3.93. The number of carboxylic acids is 1. The highest BCUT2D eigenvalue weighted by Crippen LogP contribution is 2.45. The maximum absolute atomic E-state index is 12.3. The van der Waals surface area contributed by atoms with Crippen molar-refractivity contribution in [3.05, 3.63) is 35.9 Å². The minimum absolute atomic E-state index is 0. The molecule has 1 saturated carbocycles. The Kier molecular flexibility index (Phi) is 7.08. The molecule has 2 atom stereocenters. The van der Waals surface area contributed by atoms with Gasteiger partial charge in [-0.1, -0.05) is 43.2 Å². The molecule has 1 aromatic carbocycles. The predicted molar refractivity (Wildman–Crippen MR) is 96.8 cm³/mol. The second kappa shape index (κ2) is 8.84. The fourth-order valence-corrected chi connectivity index (χ4v) is 4.32.